The van der Waals surface area contributed by atoms with Crippen LogP contribution in [0.3, 0.4) is 0 Å². The Balaban J connectivity index is 2.33. The van der Waals surface area contributed by atoms with E-state index in [-0.39, 0.29) is 4.75 Å². The molecule has 0 saturated carbocycles. The predicted octanol–water partition coefficient (Wildman–Crippen LogP) is 2.45. The lowest BCUT2D eigenvalue weighted by Gasteiger charge is -2.29. The molecule has 0 aromatic carbocycles. The van der Waals surface area contributed by atoms with Crippen molar-refractivity contribution in [2.45, 2.75) is 37.9 Å². The summed E-state index contributed by atoms with van der Waals surface area (Å²) >= 11 is 1.88. The maximum atomic E-state index is 5.41. The van der Waals surface area contributed by atoms with E-state index in [4.69, 9.17) is 4.74 Å². The highest BCUT2D eigenvalue weighted by atomic mass is 32.2. The molecule has 0 aromatic rings. The summed E-state index contributed by atoms with van der Waals surface area (Å²) in [6, 6.07) is 0. The number of thioether (sulfide) groups is 1. The van der Waals surface area contributed by atoms with Crippen molar-refractivity contribution < 1.29 is 4.74 Å². The Morgan fingerprint density at radius 2 is 2.05 bits per heavy atom. The van der Waals surface area contributed by atoms with Crippen molar-refractivity contribution in [1.82, 2.24) is 10.2 Å². The molecule has 0 radical (unpaired) electrons. The lowest BCUT2D eigenvalue weighted by molar-refractivity contribution is 0.0625. The van der Waals surface area contributed by atoms with E-state index < -0.39 is 0 Å². The number of rotatable bonds is 6. The van der Waals surface area contributed by atoms with E-state index in [1.165, 1.54) is 19.3 Å². The summed E-state index contributed by atoms with van der Waals surface area (Å²) in [4.78, 5) is 6.63. The highest BCUT2D eigenvalue weighted by molar-refractivity contribution is 7.99. The van der Waals surface area contributed by atoms with Gasteiger partial charge >= 0.3 is 0 Å². The van der Waals surface area contributed by atoms with Crippen LogP contribution < -0.4 is 5.32 Å². The Morgan fingerprint density at radius 3 is 2.60 bits per heavy atom. The fourth-order valence-corrected chi connectivity index (χ4v) is 2.48. The smallest absolute Gasteiger partial charge is 0.193 e. The molecule has 1 heterocycles. The second-order valence-electron chi connectivity index (χ2n) is 6.13. The first-order chi connectivity index (χ1) is 9.48. The molecule has 1 fully saturated rings. The van der Waals surface area contributed by atoms with Crippen LogP contribution in [0, 0.1) is 5.92 Å². The van der Waals surface area contributed by atoms with Crippen LogP contribution in [0.15, 0.2) is 4.99 Å². The maximum Gasteiger partial charge on any atom is 0.193 e. The van der Waals surface area contributed by atoms with E-state index in [0.717, 1.165) is 38.2 Å². The largest absolute Gasteiger partial charge is 0.381 e. The van der Waals surface area contributed by atoms with Gasteiger partial charge in [0.15, 0.2) is 5.96 Å². The van der Waals surface area contributed by atoms with Gasteiger partial charge in [0.2, 0.25) is 0 Å². The quantitative estimate of drug-likeness (QED) is 0.604. The Labute approximate surface area is 128 Å². The lowest BCUT2D eigenvalue weighted by atomic mass is 9.96. The van der Waals surface area contributed by atoms with Crippen molar-refractivity contribution in [2.24, 2.45) is 10.9 Å². The zero-order chi connectivity index (χ0) is 15.0. The molecule has 1 N–H and O–H groups in total. The zero-order valence-corrected chi connectivity index (χ0v) is 14.6. The van der Waals surface area contributed by atoms with E-state index in [0.29, 0.717) is 0 Å². The summed E-state index contributed by atoms with van der Waals surface area (Å²) in [5.74, 6) is 1.81. The van der Waals surface area contributed by atoms with Crippen molar-refractivity contribution in [2.75, 3.05) is 46.7 Å². The second kappa shape index (κ2) is 8.78. The molecule has 1 aliphatic heterocycles. The summed E-state index contributed by atoms with van der Waals surface area (Å²) in [5.41, 5.74) is 0. The summed E-state index contributed by atoms with van der Waals surface area (Å²) in [7, 11) is 3.99. The van der Waals surface area contributed by atoms with Crippen LogP contribution in [-0.2, 0) is 4.74 Å². The minimum atomic E-state index is 0.234. The van der Waals surface area contributed by atoms with Crippen LogP contribution in [0.1, 0.15) is 33.1 Å². The third-order valence-electron chi connectivity index (χ3n) is 4.01. The first-order valence-electron chi connectivity index (χ1n) is 7.53. The number of guanidine groups is 1. The SMILES string of the molecule is CN=C(NCC(C)(C)SC)N(C)CCC1CCOCC1. The minimum absolute atomic E-state index is 0.234. The first kappa shape index (κ1) is 17.6. The number of aliphatic imine (C=N–C) groups is 1. The molecule has 0 aliphatic carbocycles. The molecule has 0 unspecified atom stereocenters. The lowest BCUT2D eigenvalue weighted by Crippen LogP contribution is -2.44. The van der Waals surface area contributed by atoms with Crippen molar-refractivity contribution in [3.63, 3.8) is 0 Å². The monoisotopic (exact) mass is 301 g/mol. The minimum Gasteiger partial charge on any atom is -0.381 e. The summed E-state index contributed by atoms with van der Waals surface area (Å²) in [5, 5.41) is 3.48. The predicted molar refractivity (Wildman–Crippen MR) is 89.7 cm³/mol. The van der Waals surface area contributed by atoms with Crippen molar-refractivity contribution in [1.29, 1.82) is 0 Å². The Bertz CT molecular complexity index is 301. The van der Waals surface area contributed by atoms with Gasteiger partial charge in [-0.15, -0.1) is 0 Å². The molecule has 118 valence electrons. The van der Waals surface area contributed by atoms with Gasteiger partial charge in [0.05, 0.1) is 0 Å². The van der Waals surface area contributed by atoms with E-state index in [2.05, 4.69) is 42.4 Å². The topological polar surface area (TPSA) is 36.9 Å². The van der Waals surface area contributed by atoms with Gasteiger partial charge in [-0.3, -0.25) is 4.99 Å². The Morgan fingerprint density at radius 1 is 1.40 bits per heavy atom. The van der Waals surface area contributed by atoms with Crippen LogP contribution >= 0.6 is 11.8 Å². The van der Waals surface area contributed by atoms with Gasteiger partial charge < -0.3 is 15.0 Å². The van der Waals surface area contributed by atoms with Crippen molar-refractivity contribution in [3.8, 4) is 0 Å². The number of nitrogens with zero attached hydrogens (tertiary/aromatic N) is 2. The average molecular weight is 302 g/mol. The van der Waals surface area contributed by atoms with Crippen LogP contribution in [0.4, 0.5) is 0 Å². The average Bonchev–Trinajstić information content (AvgIpc) is 2.46. The molecule has 0 bridgehead atoms. The van der Waals surface area contributed by atoms with Gasteiger partial charge in [0, 0.05) is 45.1 Å². The summed E-state index contributed by atoms with van der Waals surface area (Å²) in [6.45, 7) is 8.36. The molecule has 1 saturated heterocycles. The van der Waals surface area contributed by atoms with E-state index in [1.54, 1.807) is 0 Å². The molecular formula is C15H31N3OS. The number of hydrogen-bond donors (Lipinski definition) is 1. The molecular weight excluding hydrogens is 270 g/mol. The highest BCUT2D eigenvalue weighted by Crippen LogP contribution is 2.20. The van der Waals surface area contributed by atoms with Crippen LogP contribution in [-0.4, -0.2) is 62.3 Å². The molecule has 1 rings (SSSR count). The van der Waals surface area contributed by atoms with Crippen LogP contribution in [0.2, 0.25) is 0 Å². The molecule has 0 spiro atoms. The van der Waals surface area contributed by atoms with Gasteiger partial charge in [0.1, 0.15) is 0 Å². The Hall–Kier alpha value is -0.420. The van der Waals surface area contributed by atoms with Gasteiger partial charge in [-0.25, -0.2) is 0 Å². The molecule has 0 aromatic heterocycles. The van der Waals surface area contributed by atoms with Gasteiger partial charge in [0.25, 0.3) is 0 Å². The summed E-state index contributed by atoms with van der Waals surface area (Å²) < 4.78 is 5.65. The van der Waals surface area contributed by atoms with Gasteiger partial charge in [-0.2, -0.15) is 11.8 Å². The van der Waals surface area contributed by atoms with E-state index >= 15 is 0 Å². The molecule has 5 heteroatoms. The maximum absolute atomic E-state index is 5.41. The van der Waals surface area contributed by atoms with Gasteiger partial charge in [-0.05, 0) is 45.3 Å². The number of ether oxygens (including phenoxy) is 1. The number of hydrogen-bond acceptors (Lipinski definition) is 3. The fraction of sp³-hybridized carbons (Fsp3) is 0.933. The summed E-state index contributed by atoms with van der Waals surface area (Å²) in [6.07, 6.45) is 5.80. The molecule has 1 aliphatic rings. The van der Waals surface area contributed by atoms with Crippen LogP contribution in [0.5, 0.6) is 0 Å². The molecule has 4 nitrogen and oxygen atoms in total. The molecule has 20 heavy (non-hydrogen) atoms. The van der Waals surface area contributed by atoms with E-state index in [1.807, 2.05) is 18.8 Å². The van der Waals surface area contributed by atoms with Crippen molar-refractivity contribution >= 4 is 17.7 Å². The normalized spacial score (nSPS) is 18.1. The van der Waals surface area contributed by atoms with Crippen LogP contribution in [0.25, 0.3) is 0 Å². The zero-order valence-electron chi connectivity index (χ0n) is 13.7. The highest BCUT2D eigenvalue weighted by Gasteiger charge is 2.18. The molecule has 0 amide bonds. The van der Waals surface area contributed by atoms with E-state index in [9.17, 15) is 0 Å². The first-order valence-corrected chi connectivity index (χ1v) is 8.75. The van der Waals surface area contributed by atoms with Gasteiger partial charge in [-0.1, -0.05) is 0 Å². The fourth-order valence-electron chi connectivity index (χ4n) is 2.27. The second-order valence-corrected chi connectivity index (χ2v) is 7.64. The van der Waals surface area contributed by atoms with Crippen molar-refractivity contribution in [3.05, 3.63) is 0 Å². The standard InChI is InChI=1S/C15H31N3OS/c1-15(2,20-5)12-17-14(16-3)18(4)9-6-13-7-10-19-11-8-13/h13H,6-12H2,1-5H3,(H,16,17). The Kier molecular flexibility index (Phi) is 7.74. The third-order valence-corrected chi connectivity index (χ3v) is 5.26. The molecule has 0 atom stereocenters. The third kappa shape index (κ3) is 6.35. The number of nitrogens with one attached hydrogen (secondary N) is 1.